The normalized spacial score (nSPS) is 9.88. The summed E-state index contributed by atoms with van der Waals surface area (Å²) in [5, 5.41) is 3.08. The molecule has 0 atom stereocenters. The number of nitrogens with two attached hydrogens (primary N) is 1. The van der Waals surface area contributed by atoms with Crippen LogP contribution in [-0.2, 0) is 4.74 Å². The van der Waals surface area contributed by atoms with Crippen molar-refractivity contribution in [2.24, 2.45) is 0 Å². The lowest BCUT2D eigenvalue weighted by atomic mass is 10.2. The Bertz CT molecular complexity index is 454. The quantitative estimate of drug-likeness (QED) is 0.772. The lowest BCUT2D eigenvalue weighted by Gasteiger charge is -2.11. The smallest absolute Gasteiger partial charge is 0.343 e. The molecule has 1 heterocycles. The van der Waals surface area contributed by atoms with E-state index in [0.717, 1.165) is 11.3 Å². The summed E-state index contributed by atoms with van der Waals surface area (Å²) in [5.74, 6) is -0.858. The first-order valence-electron chi connectivity index (χ1n) is 4.84. The van der Waals surface area contributed by atoms with E-state index in [1.807, 2.05) is 0 Å². The Hall–Kier alpha value is -1.76. The van der Waals surface area contributed by atoms with Crippen LogP contribution in [0.2, 0.25) is 0 Å². The minimum absolute atomic E-state index is 0.157. The van der Waals surface area contributed by atoms with Crippen molar-refractivity contribution in [2.75, 3.05) is 38.9 Å². The fraction of sp³-hybridized carbons (Fsp3) is 0.400. The average molecular weight is 257 g/mol. The minimum atomic E-state index is -0.544. The zero-order valence-electron chi connectivity index (χ0n) is 10.2. The molecule has 0 saturated heterocycles. The summed E-state index contributed by atoms with van der Waals surface area (Å²) in [6.07, 6.45) is 0. The molecule has 0 saturated carbocycles. The van der Waals surface area contributed by atoms with Crippen LogP contribution >= 0.6 is 11.3 Å². The van der Waals surface area contributed by atoms with Crippen molar-refractivity contribution in [1.82, 2.24) is 5.32 Å². The molecule has 17 heavy (non-hydrogen) atoms. The molecule has 0 radical (unpaired) electrons. The van der Waals surface area contributed by atoms with Gasteiger partial charge in [-0.1, -0.05) is 0 Å². The first-order chi connectivity index (χ1) is 7.93. The van der Waals surface area contributed by atoms with E-state index < -0.39 is 5.97 Å². The van der Waals surface area contributed by atoms with E-state index >= 15 is 0 Å². The molecule has 0 aliphatic carbocycles. The highest BCUT2D eigenvalue weighted by Gasteiger charge is 2.26. The predicted molar refractivity (Wildman–Crippen MR) is 67.8 cm³/mol. The van der Waals surface area contributed by atoms with Crippen LogP contribution in [0.3, 0.4) is 0 Å². The molecule has 0 aliphatic heterocycles. The molecule has 0 unspecified atom stereocenters. The summed E-state index contributed by atoms with van der Waals surface area (Å²) in [7, 11) is 6.32. The summed E-state index contributed by atoms with van der Waals surface area (Å²) < 4.78 is 4.66. The van der Waals surface area contributed by atoms with Crippen LogP contribution < -0.4 is 16.0 Å². The fourth-order valence-electron chi connectivity index (χ4n) is 1.33. The number of thiophene rings is 1. The number of rotatable bonds is 3. The number of esters is 1. The zero-order chi connectivity index (χ0) is 13.2. The van der Waals surface area contributed by atoms with Gasteiger partial charge in [0.15, 0.2) is 0 Å². The van der Waals surface area contributed by atoms with E-state index in [1.54, 1.807) is 19.0 Å². The standard InChI is InChI=1S/C10H15N3O3S/c1-12-8(14)7-6(11)5(10(15)16-4)9(17-7)13(2)3/h11H2,1-4H3,(H,12,14). The number of ether oxygens (including phenoxy) is 1. The molecule has 0 bridgehead atoms. The highest BCUT2D eigenvalue weighted by molar-refractivity contribution is 7.19. The number of nitrogen functional groups attached to an aromatic ring is 1. The maximum absolute atomic E-state index is 11.6. The number of methoxy groups -OCH3 is 1. The summed E-state index contributed by atoms with van der Waals surface area (Å²) in [5.41, 5.74) is 6.21. The predicted octanol–water partition coefficient (Wildman–Crippen LogP) is 0.543. The van der Waals surface area contributed by atoms with Crippen molar-refractivity contribution in [1.29, 1.82) is 0 Å². The molecule has 94 valence electrons. The summed E-state index contributed by atoms with van der Waals surface area (Å²) in [6, 6.07) is 0. The third kappa shape index (κ3) is 2.33. The molecule has 1 rings (SSSR count). The summed E-state index contributed by atoms with van der Waals surface area (Å²) in [6.45, 7) is 0. The fourth-order valence-corrected chi connectivity index (χ4v) is 2.41. The van der Waals surface area contributed by atoms with Gasteiger partial charge in [-0.25, -0.2) is 4.79 Å². The Balaban J connectivity index is 3.40. The van der Waals surface area contributed by atoms with E-state index in [1.165, 1.54) is 14.2 Å². The summed E-state index contributed by atoms with van der Waals surface area (Å²) >= 11 is 1.16. The van der Waals surface area contributed by atoms with Gasteiger partial charge in [0.05, 0.1) is 12.8 Å². The molecule has 3 N–H and O–H groups in total. The van der Waals surface area contributed by atoms with Gasteiger partial charge in [-0.05, 0) is 0 Å². The Morgan fingerprint density at radius 1 is 1.41 bits per heavy atom. The second kappa shape index (κ2) is 5.05. The van der Waals surface area contributed by atoms with E-state index in [0.29, 0.717) is 9.88 Å². The molecule has 0 spiro atoms. The van der Waals surface area contributed by atoms with Crippen molar-refractivity contribution in [2.45, 2.75) is 0 Å². The number of hydrogen-bond donors (Lipinski definition) is 2. The number of carbonyl (C=O) groups excluding carboxylic acids is 2. The first kappa shape index (κ1) is 13.3. The molecular weight excluding hydrogens is 242 g/mol. The molecule has 6 nitrogen and oxygen atoms in total. The second-order valence-corrected chi connectivity index (χ2v) is 4.49. The minimum Gasteiger partial charge on any atom is -0.465 e. The van der Waals surface area contributed by atoms with E-state index in [2.05, 4.69) is 10.1 Å². The Morgan fingerprint density at radius 2 is 2.00 bits per heavy atom. The largest absolute Gasteiger partial charge is 0.465 e. The van der Waals surface area contributed by atoms with Gasteiger partial charge >= 0.3 is 5.97 Å². The van der Waals surface area contributed by atoms with E-state index in [-0.39, 0.29) is 17.2 Å². The van der Waals surface area contributed by atoms with E-state index in [4.69, 9.17) is 5.73 Å². The van der Waals surface area contributed by atoms with Gasteiger partial charge < -0.3 is 20.7 Å². The lowest BCUT2D eigenvalue weighted by Crippen LogP contribution is -2.18. The van der Waals surface area contributed by atoms with Gasteiger partial charge in [0, 0.05) is 21.1 Å². The van der Waals surface area contributed by atoms with Crippen LogP contribution in [0, 0.1) is 0 Å². The van der Waals surface area contributed by atoms with Crippen LogP contribution in [0.15, 0.2) is 0 Å². The maximum atomic E-state index is 11.6. The van der Waals surface area contributed by atoms with Crippen molar-refractivity contribution in [3.63, 3.8) is 0 Å². The number of hydrogen-bond acceptors (Lipinski definition) is 6. The monoisotopic (exact) mass is 257 g/mol. The average Bonchev–Trinajstić information content (AvgIpc) is 2.65. The Morgan fingerprint density at radius 3 is 2.41 bits per heavy atom. The molecular formula is C10H15N3O3S. The Labute approximate surface area is 103 Å². The van der Waals surface area contributed by atoms with Crippen LogP contribution in [-0.4, -0.2) is 40.1 Å². The SMILES string of the molecule is CNC(=O)c1sc(N(C)C)c(C(=O)OC)c1N. The van der Waals surface area contributed by atoms with Gasteiger partial charge in [0.1, 0.15) is 15.4 Å². The van der Waals surface area contributed by atoms with Crippen molar-refractivity contribution in [3.05, 3.63) is 10.4 Å². The molecule has 1 amide bonds. The highest BCUT2D eigenvalue weighted by Crippen LogP contribution is 2.37. The number of anilines is 2. The molecule has 1 aromatic rings. The van der Waals surface area contributed by atoms with E-state index in [9.17, 15) is 9.59 Å². The molecule has 0 fully saturated rings. The third-order valence-electron chi connectivity index (χ3n) is 2.16. The van der Waals surface area contributed by atoms with Crippen LogP contribution in [0.1, 0.15) is 20.0 Å². The molecule has 0 aliphatic rings. The first-order valence-corrected chi connectivity index (χ1v) is 5.65. The third-order valence-corrected chi connectivity index (χ3v) is 3.53. The van der Waals surface area contributed by atoms with Gasteiger partial charge in [0.25, 0.3) is 5.91 Å². The molecule has 0 aromatic carbocycles. The van der Waals surface area contributed by atoms with Crippen molar-refractivity contribution in [3.8, 4) is 0 Å². The van der Waals surface area contributed by atoms with Gasteiger partial charge in [-0.15, -0.1) is 11.3 Å². The maximum Gasteiger partial charge on any atom is 0.343 e. The van der Waals surface area contributed by atoms with Crippen LogP contribution in [0.5, 0.6) is 0 Å². The number of nitrogens with one attached hydrogen (secondary N) is 1. The zero-order valence-corrected chi connectivity index (χ0v) is 11.0. The molecule has 7 heteroatoms. The summed E-state index contributed by atoms with van der Waals surface area (Å²) in [4.78, 5) is 25.3. The Kier molecular flexibility index (Phi) is 3.95. The number of amides is 1. The van der Waals surface area contributed by atoms with Gasteiger partial charge in [0.2, 0.25) is 0 Å². The number of nitrogens with zero attached hydrogens (tertiary/aromatic N) is 1. The highest BCUT2D eigenvalue weighted by atomic mass is 32.1. The van der Waals surface area contributed by atoms with Crippen LogP contribution in [0.25, 0.3) is 0 Å². The van der Waals surface area contributed by atoms with Crippen molar-refractivity contribution < 1.29 is 14.3 Å². The lowest BCUT2D eigenvalue weighted by molar-refractivity contribution is 0.0603. The molecule has 1 aromatic heterocycles. The topological polar surface area (TPSA) is 84.7 Å². The van der Waals surface area contributed by atoms with Gasteiger partial charge in [-0.3, -0.25) is 4.79 Å². The number of carbonyl (C=O) groups is 2. The second-order valence-electron chi connectivity index (χ2n) is 3.49. The van der Waals surface area contributed by atoms with Gasteiger partial charge in [-0.2, -0.15) is 0 Å². The van der Waals surface area contributed by atoms with Crippen molar-refractivity contribution >= 4 is 33.9 Å². The van der Waals surface area contributed by atoms with Crippen LogP contribution in [0.4, 0.5) is 10.7 Å².